The lowest BCUT2D eigenvalue weighted by atomic mass is 9.74. The van der Waals surface area contributed by atoms with Gasteiger partial charge in [0.05, 0.1) is 0 Å². The van der Waals surface area contributed by atoms with Crippen molar-refractivity contribution in [1.29, 1.82) is 0 Å². The van der Waals surface area contributed by atoms with E-state index in [1.165, 1.54) is 38.5 Å². The van der Waals surface area contributed by atoms with E-state index < -0.39 is 0 Å². The molecular weight excluding hydrogens is 248 g/mol. The van der Waals surface area contributed by atoms with Crippen LogP contribution in [0.25, 0.3) is 0 Å². The molecule has 20 heavy (non-hydrogen) atoms. The predicted octanol–water partition coefficient (Wildman–Crippen LogP) is 2.80. The van der Waals surface area contributed by atoms with Gasteiger partial charge in [-0.05, 0) is 63.8 Å². The fraction of sp³-hybridized carbons (Fsp3) is 0.941. The molecule has 1 amide bonds. The van der Waals surface area contributed by atoms with Gasteiger partial charge in [0.25, 0.3) is 0 Å². The molecule has 0 radical (unpaired) electrons. The Hall–Kier alpha value is -0.570. The van der Waals surface area contributed by atoms with Gasteiger partial charge in [-0.15, -0.1) is 0 Å². The highest BCUT2D eigenvalue weighted by atomic mass is 16.2. The van der Waals surface area contributed by atoms with Crippen molar-refractivity contribution in [2.45, 2.75) is 58.3 Å². The van der Waals surface area contributed by atoms with Gasteiger partial charge in [0.15, 0.2) is 0 Å². The minimum absolute atomic E-state index is 0.331. The molecule has 0 aromatic heterocycles. The molecule has 2 heterocycles. The van der Waals surface area contributed by atoms with Gasteiger partial charge < -0.3 is 10.2 Å². The Morgan fingerprint density at radius 1 is 1.15 bits per heavy atom. The Bertz CT molecular complexity index is 335. The van der Waals surface area contributed by atoms with Gasteiger partial charge in [-0.2, -0.15) is 0 Å². The first-order chi connectivity index (χ1) is 9.69. The van der Waals surface area contributed by atoms with E-state index >= 15 is 0 Å². The molecule has 2 saturated heterocycles. The lowest BCUT2D eigenvalue weighted by molar-refractivity contribution is -0.140. The predicted molar refractivity (Wildman–Crippen MR) is 81.5 cm³/mol. The molecule has 2 aliphatic heterocycles. The molecule has 114 valence electrons. The molecule has 0 aromatic rings. The van der Waals surface area contributed by atoms with Gasteiger partial charge in [0, 0.05) is 31.0 Å². The first-order valence-electron chi connectivity index (χ1n) is 8.68. The van der Waals surface area contributed by atoms with E-state index in [1.54, 1.807) is 0 Å². The molecule has 0 bridgehead atoms. The summed E-state index contributed by atoms with van der Waals surface area (Å²) in [7, 11) is 0. The summed E-state index contributed by atoms with van der Waals surface area (Å²) in [5.74, 6) is 1.63. The zero-order valence-corrected chi connectivity index (χ0v) is 13.0. The van der Waals surface area contributed by atoms with E-state index in [-0.39, 0.29) is 0 Å². The Labute approximate surface area is 123 Å². The van der Waals surface area contributed by atoms with E-state index in [0.717, 1.165) is 44.9 Å². The molecule has 1 saturated carbocycles. The maximum Gasteiger partial charge on any atom is 0.225 e. The first-order valence-corrected chi connectivity index (χ1v) is 8.68. The smallest absolute Gasteiger partial charge is 0.225 e. The third-order valence-electron chi connectivity index (χ3n) is 5.90. The summed E-state index contributed by atoms with van der Waals surface area (Å²) in [6, 6.07) is 0. The molecule has 1 spiro atoms. The highest BCUT2D eigenvalue weighted by Gasteiger charge is 2.39. The van der Waals surface area contributed by atoms with Crippen LogP contribution in [-0.2, 0) is 4.79 Å². The standard InChI is InChI=1S/C17H30N2O/c1-14-4-6-15(7-5-14)16(20)19-11-3-9-17(13-19)8-2-10-18-12-17/h14-15,18H,2-13H2,1H3. The van der Waals surface area contributed by atoms with Crippen LogP contribution in [0.1, 0.15) is 58.3 Å². The highest BCUT2D eigenvalue weighted by Crippen LogP contribution is 2.37. The molecule has 3 rings (SSSR count). The SMILES string of the molecule is CC1CCC(C(=O)N2CCCC3(CCCNC3)C2)CC1. The van der Waals surface area contributed by atoms with Crippen LogP contribution in [0.5, 0.6) is 0 Å². The molecule has 3 nitrogen and oxygen atoms in total. The molecular formula is C17H30N2O. The minimum atomic E-state index is 0.331. The number of rotatable bonds is 1. The van der Waals surface area contributed by atoms with Crippen LogP contribution >= 0.6 is 0 Å². The van der Waals surface area contributed by atoms with Crippen molar-refractivity contribution < 1.29 is 4.79 Å². The van der Waals surface area contributed by atoms with Crippen LogP contribution in [0.3, 0.4) is 0 Å². The largest absolute Gasteiger partial charge is 0.342 e. The number of amides is 1. The van der Waals surface area contributed by atoms with Crippen molar-refractivity contribution in [1.82, 2.24) is 10.2 Å². The maximum atomic E-state index is 12.8. The summed E-state index contributed by atoms with van der Waals surface area (Å²) in [6.07, 6.45) is 9.86. The number of piperidine rings is 2. The van der Waals surface area contributed by atoms with Crippen LogP contribution < -0.4 is 5.32 Å². The number of hydrogen-bond donors (Lipinski definition) is 1. The summed E-state index contributed by atoms with van der Waals surface area (Å²) < 4.78 is 0. The van der Waals surface area contributed by atoms with Crippen molar-refractivity contribution in [2.75, 3.05) is 26.2 Å². The summed E-state index contributed by atoms with van der Waals surface area (Å²) >= 11 is 0. The number of hydrogen-bond acceptors (Lipinski definition) is 2. The number of carbonyl (C=O) groups excluding carboxylic acids is 1. The van der Waals surface area contributed by atoms with E-state index in [0.29, 0.717) is 17.2 Å². The van der Waals surface area contributed by atoms with Crippen molar-refractivity contribution in [3.05, 3.63) is 0 Å². The molecule has 1 unspecified atom stereocenters. The second-order valence-corrected chi connectivity index (χ2v) is 7.60. The van der Waals surface area contributed by atoms with Crippen molar-refractivity contribution in [3.63, 3.8) is 0 Å². The van der Waals surface area contributed by atoms with Gasteiger partial charge in [0.2, 0.25) is 5.91 Å². The zero-order valence-electron chi connectivity index (χ0n) is 13.0. The number of likely N-dealkylation sites (tertiary alicyclic amines) is 1. The Kier molecular flexibility index (Phi) is 4.34. The van der Waals surface area contributed by atoms with Crippen molar-refractivity contribution in [2.24, 2.45) is 17.3 Å². The number of carbonyl (C=O) groups is 1. The van der Waals surface area contributed by atoms with Gasteiger partial charge in [0.1, 0.15) is 0 Å². The fourth-order valence-electron chi connectivity index (χ4n) is 4.54. The van der Waals surface area contributed by atoms with Crippen LogP contribution in [0.15, 0.2) is 0 Å². The average molecular weight is 278 g/mol. The average Bonchev–Trinajstić information content (AvgIpc) is 2.48. The third-order valence-corrected chi connectivity index (χ3v) is 5.90. The summed E-state index contributed by atoms with van der Waals surface area (Å²) in [4.78, 5) is 15.0. The second kappa shape index (κ2) is 6.05. The minimum Gasteiger partial charge on any atom is -0.342 e. The lowest BCUT2D eigenvalue weighted by Gasteiger charge is -2.46. The second-order valence-electron chi connectivity index (χ2n) is 7.60. The Morgan fingerprint density at radius 2 is 1.90 bits per heavy atom. The lowest BCUT2D eigenvalue weighted by Crippen LogP contribution is -2.53. The van der Waals surface area contributed by atoms with Crippen LogP contribution in [0.4, 0.5) is 0 Å². The van der Waals surface area contributed by atoms with E-state index in [4.69, 9.17) is 0 Å². The van der Waals surface area contributed by atoms with Crippen molar-refractivity contribution in [3.8, 4) is 0 Å². The topological polar surface area (TPSA) is 32.3 Å². The van der Waals surface area contributed by atoms with E-state index in [2.05, 4.69) is 17.1 Å². The summed E-state index contributed by atoms with van der Waals surface area (Å²) in [5, 5.41) is 3.55. The van der Waals surface area contributed by atoms with Gasteiger partial charge >= 0.3 is 0 Å². The molecule has 1 atom stereocenters. The summed E-state index contributed by atoms with van der Waals surface area (Å²) in [6.45, 7) is 6.64. The molecule has 0 aromatic carbocycles. The Morgan fingerprint density at radius 3 is 2.60 bits per heavy atom. The van der Waals surface area contributed by atoms with E-state index in [1.807, 2.05) is 0 Å². The maximum absolute atomic E-state index is 12.8. The molecule has 3 heteroatoms. The van der Waals surface area contributed by atoms with Gasteiger partial charge in [-0.3, -0.25) is 4.79 Å². The first kappa shape index (κ1) is 14.4. The monoisotopic (exact) mass is 278 g/mol. The Balaban J connectivity index is 1.60. The van der Waals surface area contributed by atoms with Crippen molar-refractivity contribution >= 4 is 5.91 Å². The van der Waals surface area contributed by atoms with Crippen LogP contribution in [0, 0.1) is 17.3 Å². The molecule has 1 N–H and O–H groups in total. The molecule has 1 aliphatic carbocycles. The number of nitrogens with zero attached hydrogens (tertiary/aromatic N) is 1. The highest BCUT2D eigenvalue weighted by molar-refractivity contribution is 5.79. The van der Waals surface area contributed by atoms with Gasteiger partial charge in [-0.25, -0.2) is 0 Å². The normalized spacial score (nSPS) is 39.0. The molecule has 3 aliphatic rings. The van der Waals surface area contributed by atoms with Crippen LogP contribution in [0.2, 0.25) is 0 Å². The fourth-order valence-corrected chi connectivity index (χ4v) is 4.54. The number of nitrogens with one attached hydrogen (secondary N) is 1. The quantitative estimate of drug-likeness (QED) is 0.800. The van der Waals surface area contributed by atoms with Gasteiger partial charge in [-0.1, -0.05) is 6.92 Å². The zero-order chi connectivity index (χ0) is 14.0. The van der Waals surface area contributed by atoms with E-state index in [9.17, 15) is 4.79 Å². The molecule has 3 fully saturated rings. The summed E-state index contributed by atoms with van der Waals surface area (Å²) in [5.41, 5.74) is 0.397. The third kappa shape index (κ3) is 3.03. The van der Waals surface area contributed by atoms with Crippen LogP contribution in [-0.4, -0.2) is 37.0 Å².